The van der Waals surface area contributed by atoms with Gasteiger partial charge in [0.25, 0.3) is 10.0 Å². The first kappa shape index (κ1) is 18.2. The maximum absolute atomic E-state index is 13.3. The molecule has 0 aromatic heterocycles. The van der Waals surface area contributed by atoms with Crippen LogP contribution in [-0.2, 0) is 15.9 Å². The Morgan fingerprint density at radius 1 is 0.917 bits per heavy atom. The average Bonchev–Trinajstić information content (AvgIpc) is 2.46. The Kier molecular flexibility index (Phi) is 4.58. The molecule has 2 aromatic carbocycles. The fourth-order valence-electron chi connectivity index (χ4n) is 1.87. The SMILES string of the molecule is Cc1ccc(S(=O)(=O)Nc2cccc(C(F)(F)C(F)(F)F)c2)cc1. The van der Waals surface area contributed by atoms with Crippen LogP contribution in [0, 0.1) is 6.92 Å². The topological polar surface area (TPSA) is 46.2 Å². The summed E-state index contributed by atoms with van der Waals surface area (Å²) in [4.78, 5) is -0.138. The molecule has 0 aliphatic rings. The summed E-state index contributed by atoms with van der Waals surface area (Å²) in [6, 6.07) is 8.70. The Morgan fingerprint density at radius 3 is 2.04 bits per heavy atom. The second kappa shape index (κ2) is 6.04. The van der Waals surface area contributed by atoms with Crippen LogP contribution in [0.2, 0.25) is 0 Å². The quantitative estimate of drug-likeness (QED) is 0.814. The summed E-state index contributed by atoms with van der Waals surface area (Å²) in [5.41, 5.74) is -0.933. The fourth-order valence-corrected chi connectivity index (χ4v) is 2.92. The van der Waals surface area contributed by atoms with Crippen molar-refractivity contribution >= 4 is 15.7 Å². The van der Waals surface area contributed by atoms with Gasteiger partial charge in [-0.1, -0.05) is 29.8 Å². The molecule has 9 heteroatoms. The van der Waals surface area contributed by atoms with E-state index >= 15 is 0 Å². The first-order chi connectivity index (χ1) is 10.9. The van der Waals surface area contributed by atoms with Gasteiger partial charge in [0.2, 0.25) is 0 Å². The number of aryl methyl sites for hydroxylation is 1. The van der Waals surface area contributed by atoms with E-state index in [-0.39, 0.29) is 4.90 Å². The molecule has 0 amide bonds. The van der Waals surface area contributed by atoms with E-state index in [1.807, 2.05) is 4.72 Å². The van der Waals surface area contributed by atoms with Crippen molar-refractivity contribution in [3.63, 3.8) is 0 Å². The first-order valence-electron chi connectivity index (χ1n) is 6.58. The molecule has 0 saturated heterocycles. The molecule has 0 bridgehead atoms. The van der Waals surface area contributed by atoms with Crippen molar-refractivity contribution in [2.75, 3.05) is 4.72 Å². The van der Waals surface area contributed by atoms with Crippen molar-refractivity contribution in [1.82, 2.24) is 0 Å². The number of anilines is 1. The highest BCUT2D eigenvalue weighted by atomic mass is 32.2. The molecule has 0 spiro atoms. The number of nitrogens with one attached hydrogen (secondary N) is 1. The third kappa shape index (κ3) is 3.66. The highest BCUT2D eigenvalue weighted by Crippen LogP contribution is 2.44. The normalized spacial score (nSPS) is 12.9. The minimum Gasteiger partial charge on any atom is -0.280 e. The molecule has 0 fully saturated rings. The van der Waals surface area contributed by atoms with Crippen LogP contribution in [0.25, 0.3) is 0 Å². The maximum Gasteiger partial charge on any atom is 0.458 e. The van der Waals surface area contributed by atoms with Gasteiger partial charge < -0.3 is 0 Å². The zero-order valence-electron chi connectivity index (χ0n) is 12.2. The van der Waals surface area contributed by atoms with E-state index in [9.17, 15) is 30.4 Å². The van der Waals surface area contributed by atoms with Gasteiger partial charge in [0, 0.05) is 11.3 Å². The monoisotopic (exact) mass is 365 g/mol. The van der Waals surface area contributed by atoms with Crippen molar-refractivity contribution in [2.24, 2.45) is 0 Å². The zero-order chi connectivity index (χ0) is 18.2. The molecule has 24 heavy (non-hydrogen) atoms. The molecule has 1 N–H and O–H groups in total. The summed E-state index contributed by atoms with van der Waals surface area (Å²) in [7, 11) is -4.10. The predicted octanol–water partition coefficient (Wildman–Crippen LogP) is 4.45. The van der Waals surface area contributed by atoms with Gasteiger partial charge in [0.1, 0.15) is 0 Å². The summed E-state index contributed by atoms with van der Waals surface area (Å²) in [6.45, 7) is 1.74. The number of hydrogen-bond donors (Lipinski definition) is 1. The molecule has 130 valence electrons. The molecule has 0 saturated carbocycles. The van der Waals surface area contributed by atoms with E-state index in [0.29, 0.717) is 12.1 Å². The van der Waals surface area contributed by atoms with E-state index in [2.05, 4.69) is 0 Å². The summed E-state index contributed by atoms with van der Waals surface area (Å²) >= 11 is 0. The molecule has 0 radical (unpaired) electrons. The average molecular weight is 365 g/mol. The van der Waals surface area contributed by atoms with Crippen molar-refractivity contribution in [2.45, 2.75) is 23.9 Å². The second-order valence-electron chi connectivity index (χ2n) is 5.07. The molecule has 3 nitrogen and oxygen atoms in total. The van der Waals surface area contributed by atoms with Crippen LogP contribution in [0.3, 0.4) is 0 Å². The summed E-state index contributed by atoms with van der Waals surface area (Å²) in [5.74, 6) is -5.09. The van der Waals surface area contributed by atoms with E-state index < -0.39 is 33.4 Å². The smallest absolute Gasteiger partial charge is 0.280 e. The van der Waals surface area contributed by atoms with Gasteiger partial charge in [0.15, 0.2) is 0 Å². The summed E-state index contributed by atoms with van der Waals surface area (Å²) < 4.78 is 90.2. The van der Waals surface area contributed by atoms with Gasteiger partial charge >= 0.3 is 12.1 Å². The predicted molar refractivity (Wildman–Crippen MR) is 78.4 cm³/mol. The van der Waals surface area contributed by atoms with Crippen molar-refractivity contribution in [3.05, 3.63) is 59.7 Å². The molecule has 0 aliphatic heterocycles. The number of alkyl halides is 5. The van der Waals surface area contributed by atoms with Crippen LogP contribution >= 0.6 is 0 Å². The van der Waals surface area contributed by atoms with E-state index in [0.717, 1.165) is 17.7 Å². The number of benzene rings is 2. The standard InChI is InChI=1S/C15H12F5NO2S/c1-10-5-7-13(8-6-10)24(22,23)21-12-4-2-3-11(9-12)14(16,17)15(18,19)20/h2-9,21H,1H3. The first-order valence-corrected chi connectivity index (χ1v) is 8.06. The van der Waals surface area contributed by atoms with Crippen LogP contribution < -0.4 is 4.72 Å². The largest absolute Gasteiger partial charge is 0.458 e. The Morgan fingerprint density at radius 2 is 1.50 bits per heavy atom. The number of sulfonamides is 1. The maximum atomic E-state index is 13.3. The van der Waals surface area contributed by atoms with Crippen LogP contribution in [0.4, 0.5) is 27.6 Å². The van der Waals surface area contributed by atoms with E-state index in [1.54, 1.807) is 6.92 Å². The molecule has 2 rings (SSSR count). The van der Waals surface area contributed by atoms with Crippen molar-refractivity contribution < 1.29 is 30.4 Å². The lowest BCUT2D eigenvalue weighted by atomic mass is 10.1. The fraction of sp³-hybridized carbons (Fsp3) is 0.200. The Balaban J connectivity index is 2.35. The van der Waals surface area contributed by atoms with Crippen molar-refractivity contribution in [3.8, 4) is 0 Å². The zero-order valence-corrected chi connectivity index (χ0v) is 13.0. The second-order valence-corrected chi connectivity index (χ2v) is 6.75. The molecular formula is C15H12F5NO2S. The van der Waals surface area contributed by atoms with Gasteiger partial charge in [-0.2, -0.15) is 22.0 Å². The number of halogens is 5. The van der Waals surface area contributed by atoms with Gasteiger partial charge in [-0.05, 0) is 31.2 Å². The number of rotatable bonds is 4. The van der Waals surface area contributed by atoms with Gasteiger partial charge in [0.05, 0.1) is 4.90 Å². The van der Waals surface area contributed by atoms with Crippen LogP contribution in [-0.4, -0.2) is 14.6 Å². The lowest BCUT2D eigenvalue weighted by molar-refractivity contribution is -0.289. The van der Waals surface area contributed by atoms with Crippen LogP contribution in [0.1, 0.15) is 11.1 Å². The Labute approximate surface area is 135 Å². The Hall–Kier alpha value is -2.16. The molecule has 0 aliphatic carbocycles. The summed E-state index contributed by atoms with van der Waals surface area (Å²) in [5, 5.41) is 0. The van der Waals surface area contributed by atoms with Gasteiger partial charge in [-0.15, -0.1) is 0 Å². The highest BCUT2D eigenvalue weighted by molar-refractivity contribution is 7.92. The molecule has 0 heterocycles. The Bertz CT molecular complexity index is 830. The van der Waals surface area contributed by atoms with E-state index in [1.165, 1.54) is 24.3 Å². The minimum atomic E-state index is -5.78. The molecule has 0 unspecified atom stereocenters. The minimum absolute atomic E-state index is 0.138. The van der Waals surface area contributed by atoms with Crippen molar-refractivity contribution in [1.29, 1.82) is 0 Å². The van der Waals surface area contributed by atoms with Gasteiger partial charge in [-0.3, -0.25) is 4.72 Å². The third-order valence-electron chi connectivity index (χ3n) is 3.16. The van der Waals surface area contributed by atoms with Crippen LogP contribution in [0.15, 0.2) is 53.4 Å². The lowest BCUT2D eigenvalue weighted by Gasteiger charge is -2.20. The molecule has 0 atom stereocenters. The highest BCUT2D eigenvalue weighted by Gasteiger charge is 2.58. The molecule has 2 aromatic rings. The molecular weight excluding hydrogens is 353 g/mol. The van der Waals surface area contributed by atoms with E-state index in [4.69, 9.17) is 0 Å². The lowest BCUT2D eigenvalue weighted by Crippen LogP contribution is -2.33. The number of hydrogen-bond acceptors (Lipinski definition) is 2. The third-order valence-corrected chi connectivity index (χ3v) is 4.56. The van der Waals surface area contributed by atoms with Gasteiger partial charge in [-0.25, -0.2) is 8.42 Å². The summed E-state index contributed by atoms with van der Waals surface area (Å²) in [6.07, 6.45) is -5.78. The van der Waals surface area contributed by atoms with Crippen LogP contribution in [0.5, 0.6) is 0 Å².